The summed E-state index contributed by atoms with van der Waals surface area (Å²) in [5, 5.41) is 19.9. The van der Waals surface area contributed by atoms with E-state index in [0.717, 1.165) is 16.7 Å². The summed E-state index contributed by atoms with van der Waals surface area (Å²) in [6.45, 7) is 8.80. The highest BCUT2D eigenvalue weighted by Crippen LogP contribution is 2.31. The van der Waals surface area contributed by atoms with Crippen LogP contribution in [-0.4, -0.2) is 33.5 Å². The summed E-state index contributed by atoms with van der Waals surface area (Å²) in [7, 11) is 0. The molecule has 0 saturated heterocycles. The van der Waals surface area contributed by atoms with Crippen molar-refractivity contribution in [2.45, 2.75) is 59.2 Å². The monoisotopic (exact) mass is 330 g/mol. The van der Waals surface area contributed by atoms with Crippen molar-refractivity contribution in [2.75, 3.05) is 0 Å². The smallest absolute Gasteiger partial charge is 0.234 e. The molecule has 0 saturated carbocycles. The third-order valence-electron chi connectivity index (χ3n) is 4.69. The van der Waals surface area contributed by atoms with Gasteiger partial charge < -0.3 is 10.2 Å². The molecule has 4 heteroatoms. The molecule has 130 valence electrons. The number of fused-ring (bicyclic) bond motifs is 1. The van der Waals surface area contributed by atoms with Gasteiger partial charge in [-0.25, -0.2) is 0 Å². The van der Waals surface area contributed by atoms with Gasteiger partial charge in [-0.2, -0.15) is 0 Å². The third kappa shape index (κ3) is 3.50. The Bertz CT molecular complexity index is 705. The van der Waals surface area contributed by atoms with Crippen LogP contribution in [0.1, 0.15) is 61.2 Å². The maximum absolute atomic E-state index is 12.6. The van der Waals surface area contributed by atoms with Crippen LogP contribution in [0.15, 0.2) is 17.7 Å². The van der Waals surface area contributed by atoms with Crippen molar-refractivity contribution in [1.82, 2.24) is 0 Å². The molecule has 0 heterocycles. The Morgan fingerprint density at radius 3 is 2.29 bits per heavy atom. The molecular formula is C20H26O4. The van der Waals surface area contributed by atoms with E-state index in [-0.39, 0.29) is 5.92 Å². The minimum Gasteiger partial charge on any atom is -0.390 e. The Kier molecular flexibility index (Phi) is 5.11. The standard InChI is InChI=1S/C20H26O4/c1-11(2)15-10-13-7-6-12(3)14(17(13)19(23)18(15)22)8-9-16(21)20(4,5)24/h6-7,10-11,16,21,24H,8-9H2,1-5H3/t16-/m1/s1. The lowest BCUT2D eigenvalue weighted by molar-refractivity contribution is -0.112. The van der Waals surface area contributed by atoms with Gasteiger partial charge in [0.05, 0.1) is 11.7 Å². The molecule has 0 unspecified atom stereocenters. The minimum absolute atomic E-state index is 0.00337. The van der Waals surface area contributed by atoms with Crippen molar-refractivity contribution in [1.29, 1.82) is 0 Å². The van der Waals surface area contributed by atoms with E-state index in [0.29, 0.717) is 24.0 Å². The number of benzene rings is 1. The first-order valence-corrected chi connectivity index (χ1v) is 8.37. The highest BCUT2D eigenvalue weighted by atomic mass is 16.3. The lowest BCUT2D eigenvalue weighted by Gasteiger charge is -2.26. The lowest BCUT2D eigenvalue weighted by atomic mass is 9.80. The van der Waals surface area contributed by atoms with Gasteiger partial charge in [0.2, 0.25) is 11.6 Å². The zero-order valence-electron chi connectivity index (χ0n) is 15.0. The topological polar surface area (TPSA) is 74.6 Å². The average Bonchev–Trinajstić information content (AvgIpc) is 2.48. The number of aryl methyl sites for hydroxylation is 1. The first-order valence-electron chi connectivity index (χ1n) is 8.37. The molecular weight excluding hydrogens is 304 g/mol. The Morgan fingerprint density at radius 1 is 1.12 bits per heavy atom. The number of rotatable bonds is 5. The molecule has 4 nitrogen and oxygen atoms in total. The molecule has 1 aromatic carbocycles. The van der Waals surface area contributed by atoms with Crippen LogP contribution in [0.2, 0.25) is 0 Å². The SMILES string of the molecule is Cc1ccc2c(c1CC[C@@H](O)C(C)(C)O)C(=O)C(=O)C(C(C)C)=C2. The second kappa shape index (κ2) is 6.61. The van der Waals surface area contributed by atoms with Crippen molar-refractivity contribution in [2.24, 2.45) is 5.92 Å². The van der Waals surface area contributed by atoms with Gasteiger partial charge in [0.25, 0.3) is 0 Å². The van der Waals surface area contributed by atoms with E-state index in [2.05, 4.69) is 0 Å². The molecule has 0 fully saturated rings. The maximum Gasteiger partial charge on any atom is 0.234 e. The normalized spacial score (nSPS) is 16.2. The van der Waals surface area contributed by atoms with Crippen LogP contribution in [0, 0.1) is 12.8 Å². The summed E-state index contributed by atoms with van der Waals surface area (Å²) in [5.41, 5.74) is 2.26. The summed E-state index contributed by atoms with van der Waals surface area (Å²) in [4.78, 5) is 25.0. The summed E-state index contributed by atoms with van der Waals surface area (Å²) in [6.07, 6.45) is 1.66. The fourth-order valence-corrected chi connectivity index (χ4v) is 3.02. The minimum atomic E-state index is -1.20. The molecule has 0 aromatic heterocycles. The van der Waals surface area contributed by atoms with Crippen LogP contribution in [0.25, 0.3) is 6.08 Å². The Morgan fingerprint density at radius 2 is 1.75 bits per heavy atom. The largest absolute Gasteiger partial charge is 0.390 e. The predicted molar refractivity (Wildman–Crippen MR) is 94.0 cm³/mol. The van der Waals surface area contributed by atoms with Crippen molar-refractivity contribution in [3.8, 4) is 0 Å². The third-order valence-corrected chi connectivity index (χ3v) is 4.69. The number of hydrogen-bond donors (Lipinski definition) is 2. The van der Waals surface area contributed by atoms with Gasteiger partial charge in [-0.05, 0) is 62.3 Å². The molecule has 0 amide bonds. The first-order chi connectivity index (χ1) is 11.0. The fourth-order valence-electron chi connectivity index (χ4n) is 3.02. The summed E-state index contributed by atoms with van der Waals surface area (Å²) >= 11 is 0. The maximum atomic E-state index is 12.6. The number of Topliss-reactive ketones (excluding diaryl/α,β-unsaturated/α-hetero) is 2. The number of allylic oxidation sites excluding steroid dienone is 1. The van der Waals surface area contributed by atoms with Gasteiger partial charge in [0, 0.05) is 11.1 Å². The van der Waals surface area contributed by atoms with E-state index < -0.39 is 23.3 Å². The lowest BCUT2D eigenvalue weighted by Crippen LogP contribution is -2.36. The van der Waals surface area contributed by atoms with Crippen LogP contribution in [0.3, 0.4) is 0 Å². The van der Waals surface area contributed by atoms with Crippen LogP contribution in [0.4, 0.5) is 0 Å². The van der Waals surface area contributed by atoms with E-state index in [9.17, 15) is 19.8 Å². The number of carbonyl (C=O) groups is 2. The van der Waals surface area contributed by atoms with Crippen LogP contribution >= 0.6 is 0 Å². The second-order valence-corrected chi connectivity index (χ2v) is 7.45. The average molecular weight is 330 g/mol. The van der Waals surface area contributed by atoms with Gasteiger partial charge in [-0.1, -0.05) is 26.0 Å². The van der Waals surface area contributed by atoms with E-state index in [1.54, 1.807) is 19.9 Å². The van der Waals surface area contributed by atoms with Crippen molar-refractivity contribution < 1.29 is 19.8 Å². The van der Waals surface area contributed by atoms with Crippen molar-refractivity contribution in [3.05, 3.63) is 40.0 Å². The van der Waals surface area contributed by atoms with Gasteiger partial charge in [-0.15, -0.1) is 0 Å². The number of ketones is 2. The van der Waals surface area contributed by atoms with E-state index in [1.165, 1.54) is 0 Å². The Hall–Kier alpha value is -1.78. The number of hydrogen-bond acceptors (Lipinski definition) is 4. The van der Waals surface area contributed by atoms with Crippen LogP contribution < -0.4 is 0 Å². The van der Waals surface area contributed by atoms with Crippen LogP contribution in [-0.2, 0) is 11.2 Å². The van der Waals surface area contributed by atoms with Gasteiger partial charge in [-0.3, -0.25) is 9.59 Å². The summed E-state index contributed by atoms with van der Waals surface area (Å²) in [5.74, 6) is -0.906. The molecule has 1 atom stereocenters. The summed E-state index contributed by atoms with van der Waals surface area (Å²) < 4.78 is 0. The predicted octanol–water partition coefficient (Wildman–Crippen LogP) is 2.86. The Labute approximate surface area is 143 Å². The zero-order valence-corrected chi connectivity index (χ0v) is 15.0. The molecule has 2 rings (SSSR count). The van der Waals surface area contributed by atoms with Gasteiger partial charge in [0.15, 0.2) is 0 Å². The first kappa shape index (κ1) is 18.6. The van der Waals surface area contributed by atoms with Gasteiger partial charge in [0.1, 0.15) is 0 Å². The molecule has 0 bridgehead atoms. The molecule has 1 aromatic rings. The molecule has 24 heavy (non-hydrogen) atoms. The van der Waals surface area contributed by atoms with Crippen LogP contribution in [0.5, 0.6) is 0 Å². The zero-order chi connectivity index (χ0) is 18.2. The van der Waals surface area contributed by atoms with E-state index in [4.69, 9.17) is 0 Å². The van der Waals surface area contributed by atoms with Crippen molar-refractivity contribution in [3.63, 3.8) is 0 Å². The molecule has 1 aliphatic carbocycles. The molecule has 0 aliphatic heterocycles. The number of aliphatic hydroxyl groups is 2. The Balaban J connectivity index is 2.44. The second-order valence-electron chi connectivity index (χ2n) is 7.45. The number of aliphatic hydroxyl groups excluding tert-OH is 1. The van der Waals surface area contributed by atoms with E-state index in [1.807, 2.05) is 32.9 Å². The molecule has 2 N–H and O–H groups in total. The fraction of sp³-hybridized carbons (Fsp3) is 0.500. The highest BCUT2D eigenvalue weighted by Gasteiger charge is 2.32. The highest BCUT2D eigenvalue weighted by molar-refractivity contribution is 6.52. The molecule has 0 radical (unpaired) electrons. The quantitative estimate of drug-likeness (QED) is 0.814. The number of carbonyl (C=O) groups excluding carboxylic acids is 2. The summed E-state index contributed by atoms with van der Waals surface area (Å²) in [6, 6.07) is 3.80. The van der Waals surface area contributed by atoms with Crippen molar-refractivity contribution >= 4 is 17.6 Å². The van der Waals surface area contributed by atoms with E-state index >= 15 is 0 Å². The molecule has 1 aliphatic rings. The molecule has 0 spiro atoms. The van der Waals surface area contributed by atoms with Gasteiger partial charge >= 0.3 is 0 Å².